The predicted octanol–water partition coefficient (Wildman–Crippen LogP) is 4.09. The van der Waals surface area contributed by atoms with Crippen molar-refractivity contribution in [3.63, 3.8) is 0 Å². The maximum absolute atomic E-state index is 13.2. The molecule has 1 aromatic heterocycles. The van der Waals surface area contributed by atoms with Gasteiger partial charge in [-0.15, -0.1) is 0 Å². The van der Waals surface area contributed by atoms with Gasteiger partial charge in [-0.05, 0) is 35.7 Å². The number of hydrogen-bond acceptors (Lipinski definition) is 3. The van der Waals surface area contributed by atoms with Gasteiger partial charge in [0.2, 0.25) is 11.8 Å². The van der Waals surface area contributed by atoms with Crippen molar-refractivity contribution in [1.29, 1.82) is 0 Å². The molecule has 0 saturated carbocycles. The van der Waals surface area contributed by atoms with Gasteiger partial charge in [0.05, 0.1) is 19.4 Å². The Bertz CT molecular complexity index is 755. The molecule has 0 aliphatic heterocycles. The molecule has 0 aliphatic rings. The molecule has 6 heteroatoms. The fraction of sp³-hybridized carbons (Fsp3) is 0.455. The fourth-order valence-electron chi connectivity index (χ4n) is 2.93. The zero-order chi connectivity index (χ0) is 20.7. The topological polar surface area (TPSA) is 53.8 Å². The Balaban J connectivity index is 2.18. The number of carbonyl (C=O) groups excluding carboxylic acids is 2. The minimum atomic E-state index is -0.321. The Morgan fingerprint density at radius 3 is 2.21 bits per heavy atom. The maximum atomic E-state index is 13.2. The van der Waals surface area contributed by atoms with Crippen LogP contribution in [0.4, 0.5) is 4.39 Å². The van der Waals surface area contributed by atoms with Gasteiger partial charge < -0.3 is 14.2 Å². The molecule has 0 bridgehead atoms. The van der Waals surface area contributed by atoms with Gasteiger partial charge in [0.15, 0.2) is 0 Å². The smallest absolute Gasteiger partial charge is 0.242 e. The van der Waals surface area contributed by atoms with Crippen molar-refractivity contribution < 1.29 is 18.4 Å². The van der Waals surface area contributed by atoms with Crippen LogP contribution in [0.1, 0.15) is 39.0 Å². The van der Waals surface area contributed by atoms with Crippen molar-refractivity contribution in [3.8, 4) is 0 Å². The predicted molar refractivity (Wildman–Crippen MR) is 106 cm³/mol. The van der Waals surface area contributed by atoms with Crippen molar-refractivity contribution in [2.24, 2.45) is 11.8 Å². The molecule has 0 unspecified atom stereocenters. The number of carbonyl (C=O) groups is 2. The minimum Gasteiger partial charge on any atom is -0.467 e. The highest BCUT2D eigenvalue weighted by molar-refractivity contribution is 5.85. The Morgan fingerprint density at radius 2 is 1.68 bits per heavy atom. The number of furan rings is 1. The summed E-state index contributed by atoms with van der Waals surface area (Å²) < 4.78 is 18.6. The summed E-state index contributed by atoms with van der Waals surface area (Å²) in [5.41, 5.74) is 0.812. The van der Waals surface area contributed by atoms with Gasteiger partial charge in [0, 0.05) is 19.0 Å². The lowest BCUT2D eigenvalue weighted by Crippen LogP contribution is -2.45. The van der Waals surface area contributed by atoms with Crippen LogP contribution >= 0.6 is 0 Å². The second-order valence-electron chi connectivity index (χ2n) is 7.72. The summed E-state index contributed by atoms with van der Waals surface area (Å²) in [5.74, 6) is 0.199. The van der Waals surface area contributed by atoms with E-state index in [-0.39, 0.29) is 42.6 Å². The maximum Gasteiger partial charge on any atom is 0.242 e. The Labute approximate surface area is 166 Å². The monoisotopic (exact) mass is 388 g/mol. The normalized spacial score (nSPS) is 11.1. The third-order valence-electron chi connectivity index (χ3n) is 4.28. The molecule has 2 amide bonds. The second kappa shape index (κ2) is 10.1. The number of hydrogen-bond donors (Lipinski definition) is 0. The number of amides is 2. The first-order valence-corrected chi connectivity index (χ1v) is 9.59. The average molecular weight is 388 g/mol. The molecule has 152 valence electrons. The number of halogens is 1. The van der Waals surface area contributed by atoms with Gasteiger partial charge in [-0.2, -0.15) is 0 Å². The molecule has 2 aromatic rings. The van der Waals surface area contributed by atoms with Gasteiger partial charge in [-0.3, -0.25) is 9.59 Å². The van der Waals surface area contributed by atoms with E-state index in [9.17, 15) is 14.0 Å². The van der Waals surface area contributed by atoms with Crippen LogP contribution in [0.5, 0.6) is 0 Å². The molecule has 0 radical (unpaired) electrons. The number of benzene rings is 1. The van der Waals surface area contributed by atoms with Crippen molar-refractivity contribution in [2.75, 3.05) is 13.1 Å². The summed E-state index contributed by atoms with van der Waals surface area (Å²) >= 11 is 0. The van der Waals surface area contributed by atoms with Gasteiger partial charge in [-0.25, -0.2) is 4.39 Å². The molecule has 1 aromatic carbocycles. The van der Waals surface area contributed by atoms with Crippen molar-refractivity contribution in [2.45, 2.75) is 40.8 Å². The van der Waals surface area contributed by atoms with Crippen molar-refractivity contribution in [3.05, 3.63) is 59.8 Å². The largest absolute Gasteiger partial charge is 0.467 e. The highest BCUT2D eigenvalue weighted by Gasteiger charge is 2.24. The molecule has 0 aliphatic carbocycles. The third kappa shape index (κ3) is 6.51. The molecule has 5 nitrogen and oxygen atoms in total. The van der Waals surface area contributed by atoms with Crippen LogP contribution < -0.4 is 0 Å². The summed E-state index contributed by atoms with van der Waals surface area (Å²) in [6.45, 7) is 8.83. The lowest BCUT2D eigenvalue weighted by Gasteiger charge is -2.29. The second-order valence-corrected chi connectivity index (χ2v) is 7.72. The van der Waals surface area contributed by atoms with Gasteiger partial charge in [0.1, 0.15) is 11.6 Å². The van der Waals surface area contributed by atoms with E-state index in [1.54, 1.807) is 40.3 Å². The van der Waals surface area contributed by atoms with Gasteiger partial charge >= 0.3 is 0 Å². The minimum absolute atomic E-state index is 0.0110. The highest BCUT2D eigenvalue weighted by Crippen LogP contribution is 2.14. The van der Waals surface area contributed by atoms with E-state index in [4.69, 9.17) is 4.42 Å². The zero-order valence-corrected chi connectivity index (χ0v) is 17.0. The van der Waals surface area contributed by atoms with Gasteiger partial charge in [-0.1, -0.05) is 39.8 Å². The standard InChI is InChI=1S/C22H29FN2O3/c1-16(2)12-25(22(27)17(3)4)15-21(26)24(14-20-6-5-11-28-20)13-18-7-9-19(23)10-8-18/h5-11,16-17H,12-15H2,1-4H3. The van der Waals surface area contributed by atoms with Crippen molar-refractivity contribution in [1.82, 2.24) is 9.80 Å². The van der Waals surface area contributed by atoms with E-state index >= 15 is 0 Å². The van der Waals surface area contributed by atoms with Crippen LogP contribution in [-0.4, -0.2) is 34.7 Å². The van der Waals surface area contributed by atoms with E-state index in [1.807, 2.05) is 27.7 Å². The Kier molecular flexibility index (Phi) is 7.79. The molecule has 0 N–H and O–H groups in total. The molecule has 0 saturated heterocycles. The van der Waals surface area contributed by atoms with E-state index in [0.29, 0.717) is 18.8 Å². The molecule has 28 heavy (non-hydrogen) atoms. The number of nitrogens with zero attached hydrogens (tertiary/aromatic N) is 2. The van der Waals surface area contributed by atoms with E-state index in [2.05, 4.69) is 0 Å². The Morgan fingerprint density at radius 1 is 1.00 bits per heavy atom. The summed E-state index contributed by atoms with van der Waals surface area (Å²) in [4.78, 5) is 28.9. The van der Waals surface area contributed by atoms with Crippen LogP contribution in [0.2, 0.25) is 0 Å². The van der Waals surface area contributed by atoms with Crippen LogP contribution in [0.3, 0.4) is 0 Å². The third-order valence-corrected chi connectivity index (χ3v) is 4.28. The highest BCUT2D eigenvalue weighted by atomic mass is 19.1. The van der Waals surface area contributed by atoms with Crippen LogP contribution in [0.15, 0.2) is 47.1 Å². The van der Waals surface area contributed by atoms with E-state index in [0.717, 1.165) is 5.56 Å². The van der Waals surface area contributed by atoms with Crippen LogP contribution in [0, 0.1) is 17.7 Å². The quantitative estimate of drug-likeness (QED) is 0.650. The molecule has 2 rings (SSSR count). The molecule has 1 heterocycles. The molecular weight excluding hydrogens is 359 g/mol. The van der Waals surface area contributed by atoms with Crippen LogP contribution in [0.25, 0.3) is 0 Å². The average Bonchev–Trinajstić information content (AvgIpc) is 3.14. The van der Waals surface area contributed by atoms with Crippen LogP contribution in [-0.2, 0) is 22.7 Å². The van der Waals surface area contributed by atoms with E-state index < -0.39 is 0 Å². The molecule has 0 fully saturated rings. The zero-order valence-electron chi connectivity index (χ0n) is 17.0. The summed E-state index contributed by atoms with van der Waals surface area (Å²) in [6, 6.07) is 9.63. The lowest BCUT2D eigenvalue weighted by atomic mass is 10.1. The lowest BCUT2D eigenvalue weighted by molar-refractivity contribution is -0.143. The first kappa shape index (κ1) is 21.7. The molecular formula is C22H29FN2O3. The summed E-state index contributed by atoms with van der Waals surface area (Å²) in [6.07, 6.45) is 1.56. The van der Waals surface area contributed by atoms with E-state index in [1.165, 1.54) is 12.1 Å². The first-order chi connectivity index (χ1) is 13.3. The Hall–Kier alpha value is -2.63. The summed E-state index contributed by atoms with van der Waals surface area (Å²) in [7, 11) is 0. The molecule has 0 atom stereocenters. The summed E-state index contributed by atoms with van der Waals surface area (Å²) in [5, 5.41) is 0. The SMILES string of the molecule is CC(C)CN(CC(=O)N(Cc1ccc(F)cc1)Cc1ccco1)C(=O)C(C)C. The number of rotatable bonds is 9. The van der Waals surface area contributed by atoms with Crippen molar-refractivity contribution >= 4 is 11.8 Å². The van der Waals surface area contributed by atoms with Gasteiger partial charge in [0.25, 0.3) is 0 Å². The molecule has 0 spiro atoms. The first-order valence-electron chi connectivity index (χ1n) is 9.59. The fourth-order valence-corrected chi connectivity index (χ4v) is 2.93.